The van der Waals surface area contributed by atoms with Crippen LogP contribution in [0.15, 0.2) is 105 Å². The zero-order valence-corrected chi connectivity index (χ0v) is 35.8. The number of benzene rings is 4. The molecular formula is C46H38N8O6S2. The molecule has 62 heavy (non-hydrogen) atoms. The number of aromatic amines is 1. The Hall–Kier alpha value is -7.35. The van der Waals surface area contributed by atoms with E-state index in [1.807, 2.05) is 60.9 Å². The van der Waals surface area contributed by atoms with E-state index in [0.717, 1.165) is 54.4 Å². The molecule has 4 aromatic carbocycles. The highest BCUT2D eigenvalue weighted by Crippen LogP contribution is 2.40. The van der Waals surface area contributed by atoms with Gasteiger partial charge in [-0.15, -0.1) is 21.5 Å². The van der Waals surface area contributed by atoms with Crippen LogP contribution in [0.4, 0.5) is 5.69 Å². The molecule has 1 amide bonds. The zero-order valence-electron chi connectivity index (χ0n) is 34.2. The highest BCUT2D eigenvalue weighted by atomic mass is 32.2. The number of hydrogen-bond acceptors (Lipinski definition) is 11. The van der Waals surface area contributed by atoms with Crippen LogP contribution < -0.4 is 10.0 Å². The number of furan rings is 1. The van der Waals surface area contributed by atoms with Crippen LogP contribution in [0.25, 0.3) is 38.0 Å². The minimum absolute atomic E-state index is 0.0184. The van der Waals surface area contributed by atoms with Crippen LogP contribution in [0, 0.1) is 39.0 Å². The number of H-pyrrole nitrogens is 1. The van der Waals surface area contributed by atoms with Crippen molar-refractivity contribution in [3.8, 4) is 22.2 Å². The van der Waals surface area contributed by atoms with Crippen molar-refractivity contribution >= 4 is 66.5 Å². The molecule has 0 unspecified atom stereocenters. The predicted octanol–water partition coefficient (Wildman–Crippen LogP) is 8.51. The van der Waals surface area contributed by atoms with Gasteiger partial charge in [0.1, 0.15) is 28.5 Å². The van der Waals surface area contributed by atoms with E-state index >= 15 is 0 Å². The number of nitriles is 1. The molecule has 9 rings (SSSR count). The number of sulfonamides is 1. The number of carbonyl (C=O) groups excluding carboxylic acids is 2. The molecule has 0 aliphatic carbocycles. The fourth-order valence-electron chi connectivity index (χ4n) is 7.76. The summed E-state index contributed by atoms with van der Waals surface area (Å²) in [6.45, 7) is 8.05. The molecule has 1 aliphatic rings. The van der Waals surface area contributed by atoms with Gasteiger partial charge in [0.2, 0.25) is 0 Å². The van der Waals surface area contributed by atoms with E-state index in [2.05, 4.69) is 45.1 Å². The summed E-state index contributed by atoms with van der Waals surface area (Å²) in [6.07, 6.45) is 1.57. The molecule has 310 valence electrons. The van der Waals surface area contributed by atoms with Crippen molar-refractivity contribution in [1.29, 1.82) is 5.26 Å². The number of rotatable bonds is 10. The standard InChI is InChI=1S/C46H38N8O6S2/c1-24-6-17-35(43-40(24)33(21-47)23-48-43)53-62(57,58)34-15-7-28(8-16-34)22-49-45(56)38-19-32-14-13-31(18-37(32)60-38)29-9-11-30(12-10-29)42-41-25(2)26(3)61-46(41)54-27(4)51-52-44(54)36(50-42)20-39(55)59-5/h6-19,23,36,48,53H,20,22H2,1-5H3,(H,49,56)/t36-/m0/s1. The zero-order chi connectivity index (χ0) is 43.4. The van der Waals surface area contributed by atoms with E-state index in [0.29, 0.717) is 44.9 Å². The molecule has 16 heteroatoms. The number of fused-ring (bicyclic) bond motifs is 5. The van der Waals surface area contributed by atoms with Crippen LogP contribution >= 0.6 is 11.3 Å². The minimum Gasteiger partial charge on any atom is -0.469 e. The lowest BCUT2D eigenvalue weighted by Gasteiger charge is -2.12. The minimum atomic E-state index is -3.96. The van der Waals surface area contributed by atoms with Gasteiger partial charge in [0.05, 0.1) is 40.9 Å². The fourth-order valence-corrected chi connectivity index (χ4v) is 10.0. The number of carbonyl (C=O) groups is 2. The lowest BCUT2D eigenvalue weighted by Crippen LogP contribution is -2.22. The first-order valence-electron chi connectivity index (χ1n) is 19.6. The highest BCUT2D eigenvalue weighted by Gasteiger charge is 2.33. The molecule has 14 nitrogen and oxygen atoms in total. The summed E-state index contributed by atoms with van der Waals surface area (Å²) in [6, 6.07) is 26.7. The van der Waals surface area contributed by atoms with Crippen LogP contribution in [-0.4, -0.2) is 52.9 Å². The van der Waals surface area contributed by atoms with Gasteiger partial charge in [-0.05, 0) is 85.8 Å². The number of nitrogens with one attached hydrogen (secondary N) is 3. The molecule has 0 bridgehead atoms. The maximum absolute atomic E-state index is 13.3. The molecule has 0 saturated carbocycles. The summed E-state index contributed by atoms with van der Waals surface area (Å²) in [5, 5.41) is 23.5. The van der Waals surface area contributed by atoms with E-state index in [1.165, 1.54) is 19.2 Å². The van der Waals surface area contributed by atoms with Gasteiger partial charge >= 0.3 is 5.97 Å². The largest absolute Gasteiger partial charge is 0.469 e. The van der Waals surface area contributed by atoms with Crippen molar-refractivity contribution in [3.63, 3.8) is 0 Å². The Morgan fingerprint density at radius 1 is 0.952 bits per heavy atom. The number of ether oxygens (including phenoxy) is 1. The number of amides is 1. The lowest BCUT2D eigenvalue weighted by molar-refractivity contribution is -0.141. The van der Waals surface area contributed by atoms with Crippen molar-refractivity contribution in [2.24, 2.45) is 4.99 Å². The summed E-state index contributed by atoms with van der Waals surface area (Å²) in [5.41, 5.74) is 8.90. The summed E-state index contributed by atoms with van der Waals surface area (Å²) < 4.78 is 42.3. The molecular weight excluding hydrogens is 825 g/mol. The van der Waals surface area contributed by atoms with E-state index in [9.17, 15) is 23.3 Å². The van der Waals surface area contributed by atoms with Crippen LogP contribution in [0.1, 0.15) is 72.9 Å². The highest BCUT2D eigenvalue weighted by molar-refractivity contribution is 7.92. The van der Waals surface area contributed by atoms with Gasteiger partial charge in [0, 0.05) is 39.5 Å². The number of aliphatic imine (C=N–C) groups is 1. The third-order valence-corrected chi connectivity index (χ3v) is 13.7. The molecule has 1 atom stereocenters. The number of hydrogen-bond donors (Lipinski definition) is 3. The van der Waals surface area contributed by atoms with Gasteiger partial charge < -0.3 is 19.5 Å². The van der Waals surface area contributed by atoms with Crippen molar-refractivity contribution < 1.29 is 27.2 Å². The topological polar surface area (TPSA) is 197 Å². The second-order valence-electron chi connectivity index (χ2n) is 15.0. The molecule has 0 saturated heterocycles. The van der Waals surface area contributed by atoms with Gasteiger partial charge in [-0.2, -0.15) is 5.26 Å². The Morgan fingerprint density at radius 3 is 2.44 bits per heavy atom. The average Bonchev–Trinajstić information content (AvgIpc) is 4.05. The number of esters is 1. The van der Waals surface area contributed by atoms with E-state index in [1.54, 1.807) is 47.9 Å². The first kappa shape index (κ1) is 40.1. The molecule has 3 N–H and O–H groups in total. The number of nitrogens with zero attached hydrogens (tertiary/aromatic N) is 5. The van der Waals surface area contributed by atoms with Gasteiger partial charge in [0.25, 0.3) is 15.9 Å². The monoisotopic (exact) mass is 862 g/mol. The average molecular weight is 863 g/mol. The van der Waals surface area contributed by atoms with Gasteiger partial charge in [0.15, 0.2) is 11.6 Å². The van der Waals surface area contributed by atoms with Crippen LogP contribution in [0.5, 0.6) is 0 Å². The number of anilines is 1. The second kappa shape index (κ2) is 15.6. The first-order valence-corrected chi connectivity index (χ1v) is 21.9. The number of aryl methyl sites for hydroxylation is 3. The Bertz CT molecular complexity index is 3300. The Morgan fingerprint density at radius 2 is 1.69 bits per heavy atom. The molecule has 8 aromatic rings. The van der Waals surface area contributed by atoms with E-state index < -0.39 is 27.9 Å². The molecule has 4 aromatic heterocycles. The molecule has 1 aliphatic heterocycles. The summed E-state index contributed by atoms with van der Waals surface area (Å²) in [5.74, 6) is 0.631. The second-order valence-corrected chi connectivity index (χ2v) is 17.9. The first-order chi connectivity index (χ1) is 29.8. The lowest BCUT2D eigenvalue weighted by atomic mass is 9.97. The van der Waals surface area contributed by atoms with E-state index in [4.69, 9.17) is 14.1 Å². The van der Waals surface area contributed by atoms with Crippen molar-refractivity contribution in [2.45, 2.75) is 51.6 Å². The normalized spacial score (nSPS) is 13.5. The van der Waals surface area contributed by atoms with Gasteiger partial charge in [-0.25, -0.2) is 8.42 Å². The maximum Gasteiger partial charge on any atom is 0.308 e. The summed E-state index contributed by atoms with van der Waals surface area (Å²) >= 11 is 1.64. The summed E-state index contributed by atoms with van der Waals surface area (Å²) in [7, 11) is -2.60. The quantitative estimate of drug-likeness (QED) is 0.113. The maximum atomic E-state index is 13.3. The third kappa shape index (κ3) is 7.10. The molecule has 5 heterocycles. The smallest absolute Gasteiger partial charge is 0.308 e. The summed E-state index contributed by atoms with van der Waals surface area (Å²) in [4.78, 5) is 35.1. The van der Waals surface area contributed by atoms with Crippen molar-refractivity contribution in [1.82, 2.24) is 25.1 Å². The third-order valence-electron chi connectivity index (χ3n) is 11.2. The van der Waals surface area contributed by atoms with Crippen LogP contribution in [0.3, 0.4) is 0 Å². The van der Waals surface area contributed by atoms with Crippen LogP contribution in [-0.2, 0) is 26.1 Å². The van der Waals surface area contributed by atoms with Gasteiger partial charge in [-0.1, -0.05) is 54.6 Å². The van der Waals surface area contributed by atoms with Gasteiger partial charge in [-0.3, -0.25) is 23.9 Å². The number of thiophene rings is 1. The SMILES string of the molecule is COC(=O)C[C@@H]1N=C(c2ccc(-c3ccc4cc(C(=O)NCc5ccc(S(=O)(=O)Nc6ccc(C)c7c(C#N)c[nH]c67)cc5)oc4c3)cc2)c2c(sc(C)c2C)-n2c(C)nnc21. The molecule has 0 radical (unpaired) electrons. The fraction of sp³-hybridized carbons (Fsp3) is 0.174. The molecule has 0 spiro atoms. The van der Waals surface area contributed by atoms with Crippen molar-refractivity contribution in [3.05, 3.63) is 147 Å². The predicted molar refractivity (Wildman–Crippen MR) is 236 cm³/mol. The van der Waals surface area contributed by atoms with Crippen molar-refractivity contribution in [2.75, 3.05) is 11.8 Å². The molecule has 0 fully saturated rings. The van der Waals surface area contributed by atoms with E-state index in [-0.39, 0.29) is 23.6 Å². The van der Waals surface area contributed by atoms with Crippen LogP contribution in [0.2, 0.25) is 0 Å². The Labute approximate surface area is 360 Å². The Balaban J connectivity index is 0.899. The number of methoxy groups -OCH3 is 1. The number of aromatic nitrogens is 4. The Kier molecular flexibility index (Phi) is 10.1.